The number of halogens is 2. The molecule has 0 amide bonds. The Labute approximate surface area is 171 Å². The second-order valence-electron chi connectivity index (χ2n) is 7.62. The number of fused-ring (bicyclic) bond motifs is 2. The van der Waals surface area contributed by atoms with Crippen molar-refractivity contribution in [2.45, 2.75) is 44.9 Å². The molecule has 2 atom stereocenters. The van der Waals surface area contributed by atoms with Crippen LogP contribution in [0.1, 0.15) is 31.5 Å². The van der Waals surface area contributed by atoms with Gasteiger partial charge in [0.15, 0.2) is 16.5 Å². The van der Waals surface area contributed by atoms with E-state index in [1.54, 1.807) is 22.5 Å². The number of hydrogen-bond donors (Lipinski definition) is 1. The van der Waals surface area contributed by atoms with Crippen LogP contribution in [0.3, 0.4) is 0 Å². The van der Waals surface area contributed by atoms with Gasteiger partial charge in [-0.25, -0.2) is 14.1 Å². The molecule has 11 heteroatoms. The number of nitrogens with zero attached hydrogens (tertiary/aromatic N) is 6. The van der Waals surface area contributed by atoms with Gasteiger partial charge in [-0.2, -0.15) is 10.1 Å². The summed E-state index contributed by atoms with van der Waals surface area (Å²) in [7, 11) is 0. The summed E-state index contributed by atoms with van der Waals surface area (Å²) in [6.45, 7) is 4.98. The van der Waals surface area contributed by atoms with Gasteiger partial charge in [0.05, 0.1) is 30.3 Å². The molecule has 1 N–H and O–H groups in total. The van der Waals surface area contributed by atoms with Crippen LogP contribution in [0, 0.1) is 6.92 Å². The zero-order valence-electron chi connectivity index (χ0n) is 16.2. The molecule has 0 spiro atoms. The van der Waals surface area contributed by atoms with Gasteiger partial charge in [0.25, 0.3) is 5.88 Å². The van der Waals surface area contributed by atoms with E-state index < -0.39 is 11.7 Å². The number of rotatable bonds is 1. The predicted molar refractivity (Wildman–Crippen MR) is 105 cm³/mol. The molecule has 2 aliphatic heterocycles. The number of anilines is 2. The van der Waals surface area contributed by atoms with E-state index in [4.69, 9.17) is 21.1 Å². The highest BCUT2D eigenvalue weighted by Crippen LogP contribution is 2.39. The van der Waals surface area contributed by atoms with E-state index in [0.717, 1.165) is 5.69 Å². The minimum atomic E-state index is -1.52. The third kappa shape index (κ3) is 3.10. The fourth-order valence-electron chi connectivity index (χ4n) is 3.92. The first-order valence-electron chi connectivity index (χ1n) is 9.59. The molecule has 3 aromatic rings. The normalized spacial score (nSPS) is 24.6. The van der Waals surface area contributed by atoms with E-state index in [1.165, 1.54) is 0 Å². The maximum atomic E-state index is 15.1. The molecular formula is C18H21ClFN7O2. The van der Waals surface area contributed by atoms with E-state index in [2.05, 4.69) is 25.5 Å². The highest BCUT2D eigenvalue weighted by molar-refractivity contribution is 6.34. The van der Waals surface area contributed by atoms with Crippen molar-refractivity contribution in [2.24, 2.45) is 0 Å². The van der Waals surface area contributed by atoms with Crippen LogP contribution in [-0.2, 0) is 11.3 Å². The van der Waals surface area contributed by atoms with Crippen molar-refractivity contribution in [1.29, 1.82) is 0 Å². The number of hydrogen-bond acceptors (Lipinski definition) is 7. The minimum absolute atomic E-state index is 0.0421. The van der Waals surface area contributed by atoms with Crippen LogP contribution in [0.4, 0.5) is 16.0 Å². The van der Waals surface area contributed by atoms with Gasteiger partial charge in [-0.05, 0) is 20.3 Å². The second kappa shape index (κ2) is 6.81. The van der Waals surface area contributed by atoms with Gasteiger partial charge in [-0.1, -0.05) is 11.6 Å². The highest BCUT2D eigenvalue weighted by Gasteiger charge is 2.41. The molecule has 0 aromatic carbocycles. The van der Waals surface area contributed by atoms with Crippen LogP contribution in [0.25, 0.3) is 11.0 Å². The zero-order valence-corrected chi connectivity index (χ0v) is 16.9. The molecule has 2 bridgehead atoms. The largest absolute Gasteiger partial charge is 0.475 e. The van der Waals surface area contributed by atoms with Crippen molar-refractivity contribution in [2.75, 3.05) is 25.1 Å². The standard InChI is InChI=1S/C18H21ClFN7O2/c1-10-13-16(25-27(10)12-4-7-28-9-18(12,2)20)29-6-3-5-26-15-11(14(19)24-26)8-21-17(22-13)23-15/h8,12H,3-7,9H2,1-2H3,(H,21,22,23)/t12-,18-/m0/s1. The third-order valence-corrected chi connectivity index (χ3v) is 5.74. The van der Waals surface area contributed by atoms with Crippen molar-refractivity contribution in [3.05, 3.63) is 17.0 Å². The van der Waals surface area contributed by atoms with Gasteiger partial charge in [0, 0.05) is 25.8 Å². The van der Waals surface area contributed by atoms with Gasteiger partial charge in [0.2, 0.25) is 5.95 Å². The van der Waals surface area contributed by atoms with E-state index in [-0.39, 0.29) is 6.61 Å². The maximum absolute atomic E-state index is 15.1. The molecule has 0 saturated carbocycles. The predicted octanol–water partition coefficient (Wildman–Crippen LogP) is 3.20. The van der Waals surface area contributed by atoms with Crippen LogP contribution in [0.5, 0.6) is 5.88 Å². The quantitative estimate of drug-likeness (QED) is 0.645. The Morgan fingerprint density at radius 2 is 2.21 bits per heavy atom. The molecule has 5 heterocycles. The van der Waals surface area contributed by atoms with Crippen LogP contribution in [0.15, 0.2) is 6.20 Å². The average Bonchev–Trinajstić information content (AvgIpc) is 3.15. The van der Waals surface area contributed by atoms with Crippen molar-refractivity contribution < 1.29 is 13.9 Å². The number of aromatic nitrogens is 6. The Morgan fingerprint density at radius 1 is 1.34 bits per heavy atom. The molecule has 0 radical (unpaired) electrons. The maximum Gasteiger partial charge on any atom is 0.257 e. The molecule has 9 nitrogen and oxygen atoms in total. The summed E-state index contributed by atoms with van der Waals surface area (Å²) in [6.07, 6.45) is 2.87. The number of ether oxygens (including phenoxy) is 2. The average molecular weight is 422 g/mol. The second-order valence-corrected chi connectivity index (χ2v) is 7.98. The van der Waals surface area contributed by atoms with Crippen LogP contribution < -0.4 is 10.1 Å². The van der Waals surface area contributed by atoms with Crippen LogP contribution in [0.2, 0.25) is 5.15 Å². The lowest BCUT2D eigenvalue weighted by atomic mass is 9.94. The molecule has 29 heavy (non-hydrogen) atoms. The summed E-state index contributed by atoms with van der Waals surface area (Å²) in [6, 6.07) is -0.439. The van der Waals surface area contributed by atoms with Gasteiger partial charge in [-0.3, -0.25) is 4.68 Å². The Hall–Kier alpha value is -2.46. The first-order chi connectivity index (χ1) is 13.9. The Balaban J connectivity index is 1.59. The van der Waals surface area contributed by atoms with Gasteiger partial charge in [0.1, 0.15) is 5.69 Å². The van der Waals surface area contributed by atoms with Gasteiger partial charge < -0.3 is 14.8 Å². The summed E-state index contributed by atoms with van der Waals surface area (Å²) >= 11 is 6.20. The Bertz CT molecular complexity index is 1080. The first kappa shape index (κ1) is 18.6. The smallest absolute Gasteiger partial charge is 0.257 e. The van der Waals surface area contributed by atoms with E-state index >= 15 is 4.39 Å². The summed E-state index contributed by atoms with van der Waals surface area (Å²) < 4.78 is 29.8. The number of alkyl halides is 1. The lowest BCUT2D eigenvalue weighted by Crippen LogP contribution is -2.42. The minimum Gasteiger partial charge on any atom is -0.475 e. The van der Waals surface area contributed by atoms with E-state index in [1.807, 2.05) is 6.92 Å². The summed E-state index contributed by atoms with van der Waals surface area (Å²) in [5, 5.41) is 13.2. The molecule has 3 aromatic heterocycles. The Morgan fingerprint density at radius 3 is 3.03 bits per heavy atom. The zero-order chi connectivity index (χ0) is 20.2. The number of nitrogens with one attached hydrogen (secondary N) is 1. The topological polar surface area (TPSA) is 91.9 Å². The van der Waals surface area contributed by atoms with Crippen molar-refractivity contribution >= 4 is 34.3 Å². The molecule has 2 aliphatic rings. The fraction of sp³-hybridized carbons (Fsp3) is 0.556. The van der Waals surface area contributed by atoms with Crippen molar-refractivity contribution in [3.8, 4) is 5.88 Å². The van der Waals surface area contributed by atoms with Gasteiger partial charge in [-0.15, -0.1) is 5.10 Å². The monoisotopic (exact) mass is 421 g/mol. The summed E-state index contributed by atoms with van der Waals surface area (Å²) in [5.41, 5.74) is 0.519. The SMILES string of the molecule is Cc1c2c(nn1[C@H]1CCOC[C@]1(C)F)OCCCn1nc(Cl)c3cnc(nc31)N2. The molecular weight excluding hydrogens is 401 g/mol. The lowest BCUT2D eigenvalue weighted by molar-refractivity contribution is -0.0605. The van der Waals surface area contributed by atoms with Crippen LogP contribution >= 0.6 is 11.6 Å². The number of aryl methyl sites for hydroxylation is 1. The summed E-state index contributed by atoms with van der Waals surface area (Å²) in [4.78, 5) is 8.93. The molecule has 154 valence electrons. The third-order valence-electron chi connectivity index (χ3n) is 5.46. The molecule has 1 saturated heterocycles. The van der Waals surface area contributed by atoms with Crippen molar-refractivity contribution in [3.63, 3.8) is 0 Å². The Kier molecular flexibility index (Phi) is 4.36. The van der Waals surface area contributed by atoms with E-state index in [0.29, 0.717) is 66.3 Å². The molecule has 5 rings (SSSR count). The fourth-order valence-corrected chi connectivity index (χ4v) is 4.14. The first-order valence-corrected chi connectivity index (χ1v) is 9.96. The lowest BCUT2D eigenvalue weighted by Gasteiger charge is -2.35. The molecule has 0 unspecified atom stereocenters. The highest BCUT2D eigenvalue weighted by atomic mass is 35.5. The van der Waals surface area contributed by atoms with Crippen molar-refractivity contribution in [1.82, 2.24) is 29.5 Å². The summed E-state index contributed by atoms with van der Waals surface area (Å²) in [5.74, 6) is 0.783. The van der Waals surface area contributed by atoms with Crippen LogP contribution in [-0.4, -0.2) is 55.0 Å². The molecule has 0 aliphatic carbocycles. The van der Waals surface area contributed by atoms with Gasteiger partial charge >= 0.3 is 0 Å². The molecule has 1 fully saturated rings. The van der Waals surface area contributed by atoms with E-state index in [9.17, 15) is 0 Å².